The van der Waals surface area contributed by atoms with Crippen molar-refractivity contribution in [2.24, 2.45) is 0 Å². The molecule has 3 nitrogen and oxygen atoms in total. The van der Waals surface area contributed by atoms with Gasteiger partial charge in [0.25, 0.3) is 0 Å². The molecular weight excluding hydrogens is 226 g/mol. The number of aryl methyl sites for hydroxylation is 1. The molecule has 1 aliphatic rings. The Morgan fingerprint density at radius 1 is 1.22 bits per heavy atom. The average molecular weight is 241 g/mol. The van der Waals surface area contributed by atoms with E-state index in [1.807, 2.05) is 24.3 Å². The number of benzene rings is 1. The fraction of sp³-hybridized carbons (Fsp3) is 0.333. The van der Waals surface area contributed by atoms with Gasteiger partial charge in [-0.15, -0.1) is 0 Å². The maximum atomic E-state index is 11.1. The predicted molar refractivity (Wildman–Crippen MR) is 69.7 cm³/mol. The SMILES string of the molecule is O=C(O)Cc1c2c(nc3ccccc13)CCCC2. The van der Waals surface area contributed by atoms with E-state index in [2.05, 4.69) is 0 Å². The third kappa shape index (κ3) is 1.86. The summed E-state index contributed by atoms with van der Waals surface area (Å²) < 4.78 is 0. The summed E-state index contributed by atoms with van der Waals surface area (Å²) in [5, 5.41) is 10.1. The molecule has 0 saturated heterocycles. The molecule has 0 spiro atoms. The van der Waals surface area contributed by atoms with Crippen LogP contribution in [0.1, 0.15) is 29.7 Å². The highest BCUT2D eigenvalue weighted by atomic mass is 16.4. The fourth-order valence-electron chi connectivity index (χ4n) is 2.83. The van der Waals surface area contributed by atoms with E-state index in [0.717, 1.165) is 47.8 Å². The Morgan fingerprint density at radius 3 is 2.83 bits per heavy atom. The molecule has 2 aromatic rings. The number of pyridine rings is 1. The molecule has 0 saturated carbocycles. The van der Waals surface area contributed by atoms with E-state index in [0.29, 0.717) is 0 Å². The molecule has 0 bridgehead atoms. The molecule has 1 N–H and O–H groups in total. The molecule has 1 aromatic carbocycles. The van der Waals surface area contributed by atoms with Gasteiger partial charge in [-0.05, 0) is 42.9 Å². The van der Waals surface area contributed by atoms with Gasteiger partial charge >= 0.3 is 5.97 Å². The van der Waals surface area contributed by atoms with E-state index in [1.165, 1.54) is 5.56 Å². The molecular formula is C15H15NO2. The summed E-state index contributed by atoms with van der Waals surface area (Å²) in [4.78, 5) is 15.8. The van der Waals surface area contributed by atoms with Crippen molar-refractivity contribution in [3.63, 3.8) is 0 Å². The van der Waals surface area contributed by atoms with Gasteiger partial charge in [0.15, 0.2) is 0 Å². The largest absolute Gasteiger partial charge is 0.481 e. The normalized spacial score (nSPS) is 14.4. The molecule has 0 atom stereocenters. The first kappa shape index (κ1) is 11.2. The van der Waals surface area contributed by atoms with E-state index >= 15 is 0 Å². The summed E-state index contributed by atoms with van der Waals surface area (Å²) in [6, 6.07) is 7.85. The van der Waals surface area contributed by atoms with Crippen molar-refractivity contribution in [3.8, 4) is 0 Å². The highest BCUT2D eigenvalue weighted by Crippen LogP contribution is 2.29. The van der Waals surface area contributed by atoms with Gasteiger partial charge in [-0.2, -0.15) is 0 Å². The van der Waals surface area contributed by atoms with Crippen LogP contribution in [-0.4, -0.2) is 16.1 Å². The summed E-state index contributed by atoms with van der Waals surface area (Å²) in [6.45, 7) is 0. The third-order valence-corrected chi connectivity index (χ3v) is 3.62. The number of carboxylic acid groups (broad SMARTS) is 1. The van der Waals surface area contributed by atoms with Crippen molar-refractivity contribution in [3.05, 3.63) is 41.1 Å². The first-order valence-corrected chi connectivity index (χ1v) is 6.37. The second-order valence-corrected chi connectivity index (χ2v) is 4.81. The van der Waals surface area contributed by atoms with Crippen molar-refractivity contribution < 1.29 is 9.90 Å². The lowest BCUT2D eigenvalue weighted by atomic mass is 9.88. The van der Waals surface area contributed by atoms with Crippen LogP contribution in [0.15, 0.2) is 24.3 Å². The van der Waals surface area contributed by atoms with Crippen LogP contribution in [0, 0.1) is 0 Å². The van der Waals surface area contributed by atoms with Crippen LogP contribution in [0.2, 0.25) is 0 Å². The van der Waals surface area contributed by atoms with Gasteiger partial charge in [0.2, 0.25) is 0 Å². The number of rotatable bonds is 2. The number of hydrogen-bond donors (Lipinski definition) is 1. The van der Waals surface area contributed by atoms with Gasteiger partial charge in [-0.3, -0.25) is 9.78 Å². The van der Waals surface area contributed by atoms with Gasteiger partial charge in [0, 0.05) is 11.1 Å². The molecule has 0 radical (unpaired) electrons. The Bertz CT molecular complexity index is 619. The molecule has 0 amide bonds. The molecule has 0 aliphatic heterocycles. The number of aliphatic carboxylic acids is 1. The maximum absolute atomic E-state index is 11.1. The number of aromatic nitrogens is 1. The monoisotopic (exact) mass is 241 g/mol. The summed E-state index contributed by atoms with van der Waals surface area (Å²) >= 11 is 0. The number of para-hydroxylation sites is 1. The number of hydrogen-bond acceptors (Lipinski definition) is 2. The van der Waals surface area contributed by atoms with Crippen LogP contribution in [0.3, 0.4) is 0 Å². The standard InChI is InChI=1S/C15H15NO2/c17-15(18)9-12-10-5-1-3-7-13(10)16-14-8-4-2-6-11(12)14/h1,3,5,7H,2,4,6,8-9H2,(H,17,18). The zero-order valence-electron chi connectivity index (χ0n) is 10.1. The van der Waals surface area contributed by atoms with Gasteiger partial charge in [0.05, 0.1) is 11.9 Å². The van der Waals surface area contributed by atoms with E-state index in [9.17, 15) is 4.79 Å². The minimum Gasteiger partial charge on any atom is -0.481 e. The van der Waals surface area contributed by atoms with Gasteiger partial charge in [0.1, 0.15) is 0 Å². The third-order valence-electron chi connectivity index (χ3n) is 3.62. The lowest BCUT2D eigenvalue weighted by molar-refractivity contribution is -0.136. The first-order valence-electron chi connectivity index (χ1n) is 6.37. The van der Waals surface area contributed by atoms with Crippen LogP contribution in [0.4, 0.5) is 0 Å². The van der Waals surface area contributed by atoms with Crippen LogP contribution in [-0.2, 0) is 24.1 Å². The smallest absolute Gasteiger partial charge is 0.307 e. The molecule has 18 heavy (non-hydrogen) atoms. The summed E-state index contributed by atoms with van der Waals surface area (Å²) in [7, 11) is 0. The number of nitrogens with zero attached hydrogens (tertiary/aromatic N) is 1. The topological polar surface area (TPSA) is 50.2 Å². The van der Waals surface area contributed by atoms with Crippen LogP contribution < -0.4 is 0 Å². The number of fused-ring (bicyclic) bond motifs is 2. The van der Waals surface area contributed by atoms with Crippen molar-refractivity contribution in [2.45, 2.75) is 32.1 Å². The van der Waals surface area contributed by atoms with Crippen molar-refractivity contribution >= 4 is 16.9 Å². The number of carbonyl (C=O) groups is 1. The van der Waals surface area contributed by atoms with Crippen molar-refractivity contribution in [2.75, 3.05) is 0 Å². The Labute approximate surface area is 105 Å². The van der Waals surface area contributed by atoms with Gasteiger partial charge in [-0.25, -0.2) is 0 Å². The minimum absolute atomic E-state index is 0.103. The lowest BCUT2D eigenvalue weighted by Gasteiger charge is -2.19. The molecule has 1 aliphatic carbocycles. The van der Waals surface area contributed by atoms with Crippen LogP contribution in [0.5, 0.6) is 0 Å². The Kier molecular flexibility index (Phi) is 2.74. The van der Waals surface area contributed by atoms with Crippen molar-refractivity contribution in [1.29, 1.82) is 0 Å². The highest BCUT2D eigenvalue weighted by molar-refractivity contribution is 5.87. The molecule has 92 valence electrons. The molecule has 3 heteroatoms. The second kappa shape index (κ2) is 4.41. The minimum atomic E-state index is -0.765. The predicted octanol–water partition coefficient (Wildman–Crippen LogP) is 2.74. The number of carboxylic acids is 1. The summed E-state index contributed by atoms with van der Waals surface area (Å²) in [5.41, 5.74) is 4.19. The summed E-state index contributed by atoms with van der Waals surface area (Å²) in [5.74, 6) is -0.765. The molecule has 1 aromatic heterocycles. The second-order valence-electron chi connectivity index (χ2n) is 4.81. The van der Waals surface area contributed by atoms with Crippen molar-refractivity contribution in [1.82, 2.24) is 4.98 Å². The van der Waals surface area contributed by atoms with Gasteiger partial charge in [-0.1, -0.05) is 18.2 Å². The molecule has 1 heterocycles. The molecule has 0 fully saturated rings. The first-order chi connectivity index (χ1) is 8.75. The van der Waals surface area contributed by atoms with Crippen LogP contribution in [0.25, 0.3) is 10.9 Å². The zero-order chi connectivity index (χ0) is 12.5. The van der Waals surface area contributed by atoms with E-state index in [1.54, 1.807) is 0 Å². The van der Waals surface area contributed by atoms with E-state index in [4.69, 9.17) is 10.1 Å². The molecule has 0 unspecified atom stereocenters. The van der Waals surface area contributed by atoms with E-state index in [-0.39, 0.29) is 6.42 Å². The fourth-order valence-corrected chi connectivity index (χ4v) is 2.83. The Morgan fingerprint density at radius 2 is 2.00 bits per heavy atom. The maximum Gasteiger partial charge on any atom is 0.307 e. The van der Waals surface area contributed by atoms with Crippen LogP contribution >= 0.6 is 0 Å². The average Bonchev–Trinajstić information content (AvgIpc) is 2.38. The lowest BCUT2D eigenvalue weighted by Crippen LogP contribution is -2.12. The zero-order valence-corrected chi connectivity index (χ0v) is 10.1. The van der Waals surface area contributed by atoms with E-state index < -0.39 is 5.97 Å². The Hall–Kier alpha value is -1.90. The van der Waals surface area contributed by atoms with Gasteiger partial charge < -0.3 is 5.11 Å². The Balaban J connectivity index is 2.28. The summed E-state index contributed by atoms with van der Waals surface area (Å²) in [6.07, 6.45) is 4.35. The molecule has 3 rings (SSSR count). The highest BCUT2D eigenvalue weighted by Gasteiger charge is 2.19. The quantitative estimate of drug-likeness (QED) is 0.879.